The molecule has 0 spiro atoms. The van der Waals surface area contributed by atoms with Gasteiger partial charge in [-0.1, -0.05) is 26.0 Å². The van der Waals surface area contributed by atoms with Crippen LogP contribution in [-0.4, -0.2) is 28.1 Å². The van der Waals surface area contributed by atoms with E-state index in [1.54, 1.807) is 36.3 Å². The largest absolute Gasteiger partial charge is 0.299 e. The van der Waals surface area contributed by atoms with Crippen molar-refractivity contribution in [2.75, 3.05) is 11.9 Å². The zero-order valence-corrected chi connectivity index (χ0v) is 17.6. The number of benzene rings is 1. The van der Waals surface area contributed by atoms with Crippen molar-refractivity contribution >= 4 is 11.7 Å². The number of likely N-dealkylation sites (N-methyl/N-ethyl adjacent to an activating group) is 1. The molecule has 1 aromatic carbocycles. The lowest BCUT2D eigenvalue weighted by molar-refractivity contribution is -0.127. The smallest absolute Gasteiger partial charge is 0.240 e. The minimum Gasteiger partial charge on any atom is -0.299 e. The summed E-state index contributed by atoms with van der Waals surface area (Å²) in [7, 11) is 1.72. The molecule has 1 amide bonds. The molecule has 2 aromatic heterocycles. The van der Waals surface area contributed by atoms with E-state index in [4.69, 9.17) is 0 Å². The van der Waals surface area contributed by atoms with Crippen LogP contribution in [0.2, 0.25) is 0 Å². The van der Waals surface area contributed by atoms with E-state index in [9.17, 15) is 13.6 Å². The van der Waals surface area contributed by atoms with Crippen LogP contribution in [0.1, 0.15) is 43.9 Å². The predicted molar refractivity (Wildman–Crippen MR) is 112 cm³/mol. The van der Waals surface area contributed by atoms with Gasteiger partial charge in [-0.15, -0.1) is 5.10 Å². The van der Waals surface area contributed by atoms with E-state index in [0.29, 0.717) is 17.9 Å². The number of amides is 1. The normalized spacial score (nSPS) is 22.9. The number of rotatable bonds is 3. The maximum Gasteiger partial charge on any atom is 0.240 e. The van der Waals surface area contributed by atoms with Gasteiger partial charge in [0, 0.05) is 13.2 Å². The fourth-order valence-electron chi connectivity index (χ4n) is 5.60. The first-order valence-corrected chi connectivity index (χ1v) is 10.3. The third-order valence-electron chi connectivity index (χ3n) is 7.26. The van der Waals surface area contributed by atoms with Crippen molar-refractivity contribution in [3.8, 4) is 11.3 Å². The lowest BCUT2D eigenvalue weighted by Gasteiger charge is -2.38. The predicted octanol–water partition coefficient (Wildman–Crippen LogP) is 4.63. The summed E-state index contributed by atoms with van der Waals surface area (Å²) in [4.78, 5) is 19.8. The van der Waals surface area contributed by atoms with E-state index < -0.39 is 22.5 Å². The standard InChI is InChI=1S/C24H22F2N4O/c1-23(2)15-10-11-24(23,22(31)30(3)19-9-4-5-12-27-19)21-14(15)13-18(28-29-21)20-16(25)7-6-8-17(20)26/h4-9,12-13,15H,10-11H2,1-3H3. The lowest BCUT2D eigenvalue weighted by Crippen LogP contribution is -2.50. The molecule has 2 unspecified atom stereocenters. The van der Waals surface area contributed by atoms with Gasteiger partial charge in [0.05, 0.1) is 22.4 Å². The van der Waals surface area contributed by atoms with Crippen molar-refractivity contribution < 1.29 is 13.6 Å². The van der Waals surface area contributed by atoms with Gasteiger partial charge < -0.3 is 0 Å². The van der Waals surface area contributed by atoms with Crippen LogP contribution in [-0.2, 0) is 10.2 Å². The molecular formula is C24H22F2N4O. The SMILES string of the molecule is CN(C(=O)C12CCC(c3cc(-c4c(F)cccc4F)nnc31)C2(C)C)c1ccccn1. The Morgan fingerprint density at radius 3 is 2.52 bits per heavy atom. The zero-order chi connectivity index (χ0) is 22.0. The maximum absolute atomic E-state index is 14.3. The van der Waals surface area contributed by atoms with Gasteiger partial charge >= 0.3 is 0 Å². The third kappa shape index (κ3) is 2.52. The fourth-order valence-corrected chi connectivity index (χ4v) is 5.60. The Morgan fingerprint density at radius 1 is 1.10 bits per heavy atom. The minimum absolute atomic E-state index is 0.0488. The molecule has 2 heterocycles. The fraction of sp³-hybridized carbons (Fsp3) is 0.333. The average Bonchev–Trinajstić information content (AvgIpc) is 3.14. The molecule has 5 nitrogen and oxygen atoms in total. The minimum atomic E-state index is -0.863. The highest BCUT2D eigenvalue weighted by Crippen LogP contribution is 2.68. The molecule has 0 N–H and O–H groups in total. The Bertz CT molecular complexity index is 1180. The highest BCUT2D eigenvalue weighted by Gasteiger charge is 2.68. The molecule has 3 aromatic rings. The molecule has 1 fully saturated rings. The number of hydrogen-bond acceptors (Lipinski definition) is 4. The van der Waals surface area contributed by atoms with Crippen LogP contribution in [0.25, 0.3) is 11.3 Å². The maximum atomic E-state index is 14.3. The summed E-state index contributed by atoms with van der Waals surface area (Å²) in [5.41, 5.74) is 0.145. The van der Waals surface area contributed by atoms with Crippen LogP contribution in [0.15, 0.2) is 48.7 Å². The van der Waals surface area contributed by atoms with Crippen molar-refractivity contribution in [3.05, 3.63) is 71.6 Å². The number of anilines is 1. The van der Waals surface area contributed by atoms with E-state index >= 15 is 0 Å². The first-order valence-electron chi connectivity index (χ1n) is 10.3. The molecule has 1 saturated carbocycles. The second kappa shape index (κ2) is 6.64. The van der Waals surface area contributed by atoms with Crippen LogP contribution < -0.4 is 4.90 Å². The lowest BCUT2D eigenvalue weighted by atomic mass is 9.67. The number of aromatic nitrogens is 3. The second-order valence-electron chi connectivity index (χ2n) is 8.90. The third-order valence-corrected chi connectivity index (χ3v) is 7.26. The number of nitrogens with zero attached hydrogens (tertiary/aromatic N) is 4. The number of carbonyl (C=O) groups excluding carboxylic acids is 1. The van der Waals surface area contributed by atoms with Gasteiger partial charge in [0.25, 0.3) is 0 Å². The molecule has 2 bridgehead atoms. The van der Waals surface area contributed by atoms with Crippen LogP contribution in [0.4, 0.5) is 14.6 Å². The van der Waals surface area contributed by atoms with Crippen LogP contribution in [0.3, 0.4) is 0 Å². The number of pyridine rings is 1. The highest BCUT2D eigenvalue weighted by atomic mass is 19.1. The molecular weight excluding hydrogens is 398 g/mol. The first-order chi connectivity index (χ1) is 14.8. The van der Waals surface area contributed by atoms with Crippen molar-refractivity contribution in [3.63, 3.8) is 0 Å². The van der Waals surface area contributed by atoms with Crippen molar-refractivity contribution in [2.45, 2.75) is 38.0 Å². The second-order valence-corrected chi connectivity index (χ2v) is 8.90. The number of fused-ring (bicyclic) bond motifs is 5. The number of hydrogen-bond donors (Lipinski definition) is 0. The molecule has 158 valence electrons. The molecule has 2 atom stereocenters. The number of carbonyl (C=O) groups is 1. The van der Waals surface area contributed by atoms with Gasteiger partial charge in [0.15, 0.2) is 0 Å². The number of halogens is 2. The molecule has 0 radical (unpaired) electrons. The summed E-state index contributed by atoms with van der Waals surface area (Å²) in [6, 6.07) is 10.9. The topological polar surface area (TPSA) is 59.0 Å². The van der Waals surface area contributed by atoms with Crippen LogP contribution in [0.5, 0.6) is 0 Å². The Kier molecular flexibility index (Phi) is 4.22. The first kappa shape index (κ1) is 19.7. The molecule has 31 heavy (non-hydrogen) atoms. The summed E-state index contributed by atoms with van der Waals surface area (Å²) in [6.07, 6.45) is 3.10. The molecule has 2 aliphatic rings. The summed E-state index contributed by atoms with van der Waals surface area (Å²) in [6.45, 7) is 4.14. The monoisotopic (exact) mass is 420 g/mol. The molecule has 2 aliphatic carbocycles. The van der Waals surface area contributed by atoms with Crippen LogP contribution in [0, 0.1) is 17.0 Å². The van der Waals surface area contributed by atoms with Gasteiger partial charge in [0.1, 0.15) is 17.5 Å². The molecule has 0 aliphatic heterocycles. The molecule has 5 rings (SSSR count). The summed E-state index contributed by atoms with van der Waals surface area (Å²) in [5, 5.41) is 8.58. The zero-order valence-electron chi connectivity index (χ0n) is 17.6. The van der Waals surface area contributed by atoms with E-state index in [1.807, 2.05) is 6.07 Å². The van der Waals surface area contributed by atoms with Gasteiger partial charge in [0.2, 0.25) is 5.91 Å². The van der Waals surface area contributed by atoms with Gasteiger partial charge in [-0.05, 0) is 60.1 Å². The van der Waals surface area contributed by atoms with Gasteiger partial charge in [-0.2, -0.15) is 5.10 Å². The van der Waals surface area contributed by atoms with Gasteiger partial charge in [-0.25, -0.2) is 13.8 Å². The van der Waals surface area contributed by atoms with E-state index in [2.05, 4.69) is 29.0 Å². The van der Waals surface area contributed by atoms with Gasteiger partial charge in [-0.3, -0.25) is 9.69 Å². The highest BCUT2D eigenvalue weighted by molar-refractivity contribution is 6.02. The Hall–Kier alpha value is -3.22. The Balaban J connectivity index is 1.64. The van der Waals surface area contributed by atoms with E-state index in [-0.39, 0.29) is 23.1 Å². The average molecular weight is 420 g/mol. The van der Waals surface area contributed by atoms with Crippen molar-refractivity contribution in [1.82, 2.24) is 15.2 Å². The Labute approximate surface area is 179 Å². The quantitative estimate of drug-likeness (QED) is 0.620. The summed E-state index contributed by atoms with van der Waals surface area (Å²) < 4.78 is 28.7. The van der Waals surface area contributed by atoms with Crippen LogP contribution >= 0.6 is 0 Å². The van der Waals surface area contributed by atoms with Crippen molar-refractivity contribution in [2.24, 2.45) is 5.41 Å². The molecule has 0 saturated heterocycles. The molecule has 7 heteroatoms. The Morgan fingerprint density at radius 2 is 1.84 bits per heavy atom. The van der Waals surface area contributed by atoms with E-state index in [0.717, 1.165) is 12.0 Å². The van der Waals surface area contributed by atoms with E-state index in [1.165, 1.54) is 18.2 Å². The van der Waals surface area contributed by atoms with Crippen molar-refractivity contribution in [1.29, 1.82) is 0 Å². The summed E-state index contributed by atoms with van der Waals surface area (Å²) >= 11 is 0. The summed E-state index contributed by atoms with van der Waals surface area (Å²) in [5.74, 6) is -0.841.